The van der Waals surface area contributed by atoms with Gasteiger partial charge < -0.3 is 9.53 Å². The summed E-state index contributed by atoms with van der Waals surface area (Å²) in [6, 6.07) is 9.38. The van der Waals surface area contributed by atoms with Gasteiger partial charge in [0.05, 0.1) is 0 Å². The van der Waals surface area contributed by atoms with Crippen molar-refractivity contribution in [1.29, 1.82) is 0 Å². The number of aliphatic hydroxyl groups excluding tert-OH is 1. The van der Waals surface area contributed by atoms with Gasteiger partial charge in [-0.05, 0) is 42.0 Å². The van der Waals surface area contributed by atoms with Crippen LogP contribution in [0.4, 0.5) is 0 Å². The third kappa shape index (κ3) is 7.06. The van der Waals surface area contributed by atoms with Crippen molar-refractivity contribution in [2.75, 3.05) is 6.61 Å². The molecule has 1 rings (SSSR count). The lowest BCUT2D eigenvalue weighted by molar-refractivity contribution is 0.238. The van der Waals surface area contributed by atoms with E-state index in [-0.39, 0.29) is 5.04 Å². The Morgan fingerprint density at radius 2 is 1.78 bits per heavy atom. The Labute approximate surface area is 142 Å². The summed E-state index contributed by atoms with van der Waals surface area (Å²) in [7, 11) is -1.64. The maximum Gasteiger partial charge on any atom is 0.191 e. The van der Waals surface area contributed by atoms with Crippen LogP contribution in [0.5, 0.6) is 0 Å². The fraction of sp³-hybridized carbons (Fsp3) is 0.500. The minimum Gasteiger partial charge on any atom is -0.417 e. The standard InChI is InChI=1S/C20H28O2Si/c1-20(2,3)23(4,5)22-17-13-8-6-7-12-16-19(21)18-14-10-9-11-15-18/h9-11,14-15,19,21H,8,13,17H2,1-5H3/t19-/m0/s1. The average Bonchev–Trinajstić information content (AvgIpc) is 2.49. The van der Waals surface area contributed by atoms with Gasteiger partial charge >= 0.3 is 0 Å². The van der Waals surface area contributed by atoms with Crippen LogP contribution in [0.1, 0.15) is 45.3 Å². The predicted molar refractivity (Wildman–Crippen MR) is 99.3 cm³/mol. The zero-order valence-electron chi connectivity index (χ0n) is 14.9. The minimum absolute atomic E-state index is 0.248. The third-order valence-electron chi connectivity index (χ3n) is 4.19. The van der Waals surface area contributed by atoms with Crippen LogP contribution in [0.25, 0.3) is 0 Å². The largest absolute Gasteiger partial charge is 0.417 e. The molecule has 1 N–H and O–H groups in total. The van der Waals surface area contributed by atoms with Crippen molar-refractivity contribution in [2.45, 2.75) is 57.8 Å². The van der Waals surface area contributed by atoms with Gasteiger partial charge in [0.25, 0.3) is 0 Å². The average molecular weight is 329 g/mol. The second kappa shape index (κ2) is 8.94. The first-order chi connectivity index (χ1) is 10.7. The maximum atomic E-state index is 9.87. The molecule has 0 aliphatic rings. The highest BCUT2D eigenvalue weighted by molar-refractivity contribution is 6.74. The molecule has 0 bridgehead atoms. The van der Waals surface area contributed by atoms with Crippen molar-refractivity contribution in [3.63, 3.8) is 0 Å². The number of hydrogen-bond donors (Lipinski definition) is 1. The summed E-state index contributed by atoms with van der Waals surface area (Å²) in [6.07, 6.45) is 0.917. The van der Waals surface area contributed by atoms with Gasteiger partial charge in [-0.1, -0.05) is 62.9 Å². The van der Waals surface area contributed by atoms with E-state index in [0.29, 0.717) is 0 Å². The summed E-state index contributed by atoms with van der Waals surface area (Å²) >= 11 is 0. The number of hydrogen-bond acceptors (Lipinski definition) is 2. The molecule has 0 aromatic heterocycles. The Morgan fingerprint density at radius 3 is 2.39 bits per heavy atom. The van der Waals surface area contributed by atoms with Crippen LogP contribution in [-0.4, -0.2) is 20.0 Å². The van der Waals surface area contributed by atoms with Crippen molar-refractivity contribution >= 4 is 8.32 Å². The molecule has 0 radical (unpaired) electrons. The molecule has 0 fully saturated rings. The molecule has 0 heterocycles. The molecule has 0 amide bonds. The van der Waals surface area contributed by atoms with Gasteiger partial charge in [0, 0.05) is 13.0 Å². The van der Waals surface area contributed by atoms with Crippen molar-refractivity contribution in [3.8, 4) is 23.7 Å². The first-order valence-corrected chi connectivity index (χ1v) is 11.0. The predicted octanol–water partition coefficient (Wildman–Crippen LogP) is 4.53. The molecule has 1 aromatic rings. The molecule has 0 unspecified atom stereocenters. The number of benzene rings is 1. The fourth-order valence-electron chi connectivity index (χ4n) is 1.63. The molecule has 0 spiro atoms. The van der Waals surface area contributed by atoms with Gasteiger partial charge in [0.2, 0.25) is 0 Å². The summed E-state index contributed by atoms with van der Waals surface area (Å²) in [5.41, 5.74) is 0.796. The second-order valence-corrected chi connectivity index (χ2v) is 11.9. The Kier molecular flexibility index (Phi) is 7.59. The third-order valence-corrected chi connectivity index (χ3v) is 8.73. The van der Waals surface area contributed by atoms with Crippen LogP contribution in [0.15, 0.2) is 30.3 Å². The summed E-state index contributed by atoms with van der Waals surface area (Å²) < 4.78 is 6.09. The molecule has 0 saturated carbocycles. The van der Waals surface area contributed by atoms with Crippen molar-refractivity contribution in [1.82, 2.24) is 0 Å². The Morgan fingerprint density at radius 1 is 1.13 bits per heavy atom. The summed E-state index contributed by atoms with van der Waals surface area (Å²) in [6.45, 7) is 12.0. The van der Waals surface area contributed by atoms with Crippen LogP contribution in [-0.2, 0) is 4.43 Å². The molecular formula is C20H28O2Si. The highest BCUT2D eigenvalue weighted by Crippen LogP contribution is 2.36. The van der Waals surface area contributed by atoms with Crippen molar-refractivity contribution in [3.05, 3.63) is 35.9 Å². The van der Waals surface area contributed by atoms with Gasteiger partial charge in [-0.3, -0.25) is 0 Å². The van der Waals surface area contributed by atoms with Gasteiger partial charge in [-0.15, -0.1) is 0 Å². The van der Waals surface area contributed by atoms with Crippen LogP contribution in [0.2, 0.25) is 18.1 Å². The zero-order chi connectivity index (χ0) is 17.3. The first-order valence-electron chi connectivity index (χ1n) is 8.09. The monoisotopic (exact) mass is 328 g/mol. The van der Waals surface area contributed by atoms with E-state index in [1.807, 2.05) is 30.3 Å². The Bertz CT molecular complexity index is 592. The van der Waals surface area contributed by atoms with E-state index in [1.54, 1.807) is 0 Å². The quantitative estimate of drug-likeness (QED) is 0.489. The van der Waals surface area contributed by atoms with Gasteiger partial charge in [-0.2, -0.15) is 0 Å². The van der Waals surface area contributed by atoms with Gasteiger partial charge in [0.1, 0.15) is 6.10 Å². The molecule has 0 aliphatic heterocycles. The molecule has 124 valence electrons. The van der Waals surface area contributed by atoms with Gasteiger partial charge in [0.15, 0.2) is 8.32 Å². The van der Waals surface area contributed by atoms with E-state index >= 15 is 0 Å². The molecule has 1 aromatic carbocycles. The summed E-state index contributed by atoms with van der Waals surface area (Å²) in [5, 5.41) is 10.1. The van der Waals surface area contributed by atoms with Crippen LogP contribution in [0, 0.1) is 23.7 Å². The van der Waals surface area contributed by atoms with Crippen LogP contribution in [0.3, 0.4) is 0 Å². The van der Waals surface area contributed by atoms with Gasteiger partial charge in [-0.25, -0.2) is 0 Å². The fourth-order valence-corrected chi connectivity index (χ4v) is 2.72. The minimum atomic E-state index is -1.64. The lowest BCUT2D eigenvalue weighted by Gasteiger charge is -2.36. The second-order valence-electron chi connectivity index (χ2n) is 7.10. The molecule has 1 atom stereocenters. The smallest absolute Gasteiger partial charge is 0.191 e. The number of rotatable bonds is 5. The van der Waals surface area contributed by atoms with Crippen LogP contribution >= 0.6 is 0 Å². The molecular weight excluding hydrogens is 300 g/mol. The van der Waals surface area contributed by atoms with E-state index in [0.717, 1.165) is 25.0 Å². The molecule has 3 heteroatoms. The van der Waals surface area contributed by atoms with E-state index < -0.39 is 14.4 Å². The maximum absolute atomic E-state index is 9.87. The topological polar surface area (TPSA) is 29.5 Å². The first kappa shape index (κ1) is 19.5. The Balaban J connectivity index is 2.31. The summed E-state index contributed by atoms with van der Waals surface area (Å²) in [5.74, 6) is 11.3. The SMILES string of the molecule is CC(C)(C)[Si](C)(C)OCCCC#CC#C[C@H](O)c1ccccc1. The number of unbranched alkanes of at least 4 members (excludes halogenated alkanes) is 1. The highest BCUT2D eigenvalue weighted by Gasteiger charge is 2.36. The molecule has 0 saturated heterocycles. The van der Waals surface area contributed by atoms with Crippen molar-refractivity contribution in [2.24, 2.45) is 0 Å². The molecule has 2 nitrogen and oxygen atoms in total. The summed E-state index contributed by atoms with van der Waals surface area (Å²) in [4.78, 5) is 0. The normalized spacial score (nSPS) is 12.6. The zero-order valence-corrected chi connectivity index (χ0v) is 15.9. The van der Waals surface area contributed by atoms with Crippen molar-refractivity contribution < 1.29 is 9.53 Å². The molecule has 23 heavy (non-hydrogen) atoms. The lowest BCUT2D eigenvalue weighted by atomic mass is 10.1. The van der Waals surface area contributed by atoms with E-state index in [9.17, 15) is 5.11 Å². The number of aliphatic hydroxyl groups is 1. The van der Waals surface area contributed by atoms with Crippen LogP contribution < -0.4 is 0 Å². The van der Waals surface area contributed by atoms with E-state index in [1.165, 1.54) is 0 Å². The van der Waals surface area contributed by atoms with E-state index in [2.05, 4.69) is 57.5 Å². The molecule has 0 aliphatic carbocycles. The lowest BCUT2D eigenvalue weighted by Crippen LogP contribution is -2.40. The Hall–Kier alpha value is -1.52. The highest BCUT2D eigenvalue weighted by atomic mass is 28.4. The van der Waals surface area contributed by atoms with E-state index in [4.69, 9.17) is 4.43 Å².